The molecule has 2 amide bonds. The first-order chi connectivity index (χ1) is 15.0. The molecule has 0 bridgehead atoms. The highest BCUT2D eigenvalue weighted by atomic mass is 35.5. The lowest BCUT2D eigenvalue weighted by atomic mass is 9.60. The molecule has 3 aromatic carbocycles. The lowest BCUT2D eigenvalue weighted by Gasteiger charge is -2.50. The van der Waals surface area contributed by atoms with Gasteiger partial charge in [0.15, 0.2) is 0 Å². The van der Waals surface area contributed by atoms with Crippen LogP contribution in [0.3, 0.4) is 0 Å². The first kappa shape index (κ1) is 22.3. The summed E-state index contributed by atoms with van der Waals surface area (Å²) in [7, 11) is 0. The van der Waals surface area contributed by atoms with E-state index in [2.05, 4.69) is 10.6 Å². The molecule has 0 unspecified atom stereocenters. The summed E-state index contributed by atoms with van der Waals surface area (Å²) in [5.41, 5.74) is 8.94. The van der Waals surface area contributed by atoms with E-state index < -0.39 is 5.91 Å². The Kier molecular flexibility index (Phi) is 6.22. The Bertz CT molecular complexity index is 1160. The summed E-state index contributed by atoms with van der Waals surface area (Å²) in [6, 6.07) is 19.4. The van der Waals surface area contributed by atoms with Crippen molar-refractivity contribution < 1.29 is 9.59 Å². The van der Waals surface area contributed by atoms with Crippen molar-refractivity contribution in [2.45, 2.75) is 31.7 Å². The van der Waals surface area contributed by atoms with Gasteiger partial charge in [0.05, 0.1) is 0 Å². The minimum Gasteiger partial charge on any atom is -0.366 e. The largest absolute Gasteiger partial charge is 0.366 e. The molecule has 1 saturated carbocycles. The van der Waals surface area contributed by atoms with Crippen molar-refractivity contribution in [2.75, 3.05) is 13.1 Å². The fraction of sp³-hybridized carbons (Fsp3) is 0.308. The molecule has 0 atom stereocenters. The molecule has 6 heteroatoms. The lowest BCUT2D eigenvalue weighted by molar-refractivity contribution is 0.0424. The number of amides is 2. The first-order valence-corrected chi connectivity index (χ1v) is 11.0. The van der Waals surface area contributed by atoms with Crippen molar-refractivity contribution in [1.82, 2.24) is 10.6 Å². The van der Waals surface area contributed by atoms with Crippen molar-refractivity contribution in [2.24, 2.45) is 11.1 Å². The van der Waals surface area contributed by atoms with Crippen LogP contribution in [0.15, 0.2) is 60.7 Å². The number of rotatable bonds is 4. The normalized spacial score (nSPS) is 17.4. The number of fused-ring (bicyclic) bond motifs is 1. The number of carbonyl (C=O) groups is 2. The third-order valence-corrected chi connectivity index (χ3v) is 6.98. The Hall–Kier alpha value is -2.89. The summed E-state index contributed by atoms with van der Waals surface area (Å²) in [5.74, 6) is -0.461. The summed E-state index contributed by atoms with van der Waals surface area (Å²) in [6.45, 7) is 2.17. The van der Waals surface area contributed by atoms with Gasteiger partial charge >= 0.3 is 0 Å². The van der Waals surface area contributed by atoms with Crippen molar-refractivity contribution in [1.29, 1.82) is 0 Å². The Balaban J connectivity index is 0.00000245. The Morgan fingerprint density at radius 2 is 1.62 bits per heavy atom. The van der Waals surface area contributed by atoms with Crippen LogP contribution in [0, 0.1) is 5.41 Å². The number of primary amides is 1. The standard InChI is InChI=1S/C26H27N3O2.ClH/c27-24(30)18-5-1-4-17(14-18)20-6-2-8-22-21(20)7-3-9-23(22)25(31)29-19-15-26(16-19)10-12-28-13-11-26;/h1-9,14,19,28H,10-13,15-16H2,(H2,27,30)(H,29,31);1H. The van der Waals surface area contributed by atoms with Gasteiger partial charge in [-0.15, -0.1) is 12.4 Å². The Labute approximate surface area is 194 Å². The van der Waals surface area contributed by atoms with Crippen molar-refractivity contribution in [3.63, 3.8) is 0 Å². The Morgan fingerprint density at radius 1 is 0.938 bits per heavy atom. The van der Waals surface area contributed by atoms with Crippen molar-refractivity contribution in [3.05, 3.63) is 71.8 Å². The van der Waals surface area contributed by atoms with Gasteiger partial charge in [-0.2, -0.15) is 0 Å². The fourth-order valence-corrected chi connectivity index (χ4v) is 5.32. The van der Waals surface area contributed by atoms with Crippen LogP contribution in [-0.4, -0.2) is 30.9 Å². The van der Waals surface area contributed by atoms with Crippen molar-refractivity contribution >= 4 is 35.0 Å². The highest BCUT2D eigenvalue weighted by Crippen LogP contribution is 2.48. The third-order valence-electron chi connectivity index (χ3n) is 6.98. The minimum absolute atomic E-state index is 0. The van der Waals surface area contributed by atoms with E-state index >= 15 is 0 Å². The number of hydrogen-bond acceptors (Lipinski definition) is 3. The van der Waals surface area contributed by atoms with Gasteiger partial charge in [0.2, 0.25) is 5.91 Å². The smallest absolute Gasteiger partial charge is 0.252 e. The minimum atomic E-state index is -0.450. The molecule has 3 aromatic rings. The van der Waals surface area contributed by atoms with Crippen LogP contribution in [0.2, 0.25) is 0 Å². The molecule has 1 aliphatic heterocycles. The monoisotopic (exact) mass is 449 g/mol. The molecule has 2 fully saturated rings. The second-order valence-corrected chi connectivity index (χ2v) is 8.98. The van der Waals surface area contributed by atoms with Gasteiger partial charge in [-0.3, -0.25) is 9.59 Å². The number of hydrogen-bond donors (Lipinski definition) is 3. The van der Waals surface area contributed by atoms with Crippen molar-refractivity contribution in [3.8, 4) is 11.1 Å². The average molecular weight is 450 g/mol. The second kappa shape index (κ2) is 8.93. The van der Waals surface area contributed by atoms with E-state index in [0.717, 1.165) is 47.8 Å². The molecule has 1 spiro atoms. The van der Waals surface area contributed by atoms with Gasteiger partial charge in [-0.25, -0.2) is 0 Å². The third kappa shape index (κ3) is 4.10. The molecular formula is C26H28ClN3O2. The topological polar surface area (TPSA) is 84.2 Å². The number of piperidine rings is 1. The molecule has 166 valence electrons. The quantitative estimate of drug-likeness (QED) is 0.555. The number of nitrogens with one attached hydrogen (secondary N) is 2. The summed E-state index contributed by atoms with van der Waals surface area (Å²) in [5, 5.41) is 8.59. The van der Waals surface area contributed by atoms with E-state index in [1.165, 1.54) is 12.8 Å². The lowest BCUT2D eigenvalue weighted by Crippen LogP contribution is -2.54. The highest BCUT2D eigenvalue weighted by molar-refractivity contribution is 6.10. The van der Waals surface area contributed by atoms with Gasteiger partial charge in [-0.05, 0) is 84.3 Å². The summed E-state index contributed by atoms with van der Waals surface area (Å²) >= 11 is 0. The number of carbonyl (C=O) groups excluding carboxylic acids is 2. The maximum absolute atomic E-state index is 13.1. The van der Waals surface area contributed by atoms with E-state index in [4.69, 9.17) is 5.73 Å². The van der Waals surface area contributed by atoms with E-state index in [-0.39, 0.29) is 24.4 Å². The Morgan fingerprint density at radius 3 is 2.38 bits per heavy atom. The van der Waals surface area contributed by atoms with Crippen LogP contribution >= 0.6 is 12.4 Å². The van der Waals surface area contributed by atoms with Crippen LogP contribution in [0.1, 0.15) is 46.4 Å². The molecule has 1 aliphatic carbocycles. The van der Waals surface area contributed by atoms with E-state index in [1.54, 1.807) is 12.1 Å². The molecule has 32 heavy (non-hydrogen) atoms. The molecule has 0 aromatic heterocycles. The zero-order valence-electron chi connectivity index (χ0n) is 17.9. The molecule has 5 nitrogen and oxygen atoms in total. The van der Waals surface area contributed by atoms with Crippen LogP contribution in [0.5, 0.6) is 0 Å². The number of nitrogens with two attached hydrogens (primary N) is 1. The van der Waals surface area contributed by atoms with Gasteiger partial charge < -0.3 is 16.4 Å². The van der Waals surface area contributed by atoms with Gasteiger partial charge in [0.1, 0.15) is 0 Å². The molecule has 0 radical (unpaired) electrons. The summed E-state index contributed by atoms with van der Waals surface area (Å²) in [4.78, 5) is 24.7. The highest BCUT2D eigenvalue weighted by Gasteiger charge is 2.45. The van der Waals surface area contributed by atoms with Crippen LogP contribution in [-0.2, 0) is 0 Å². The maximum atomic E-state index is 13.1. The molecule has 5 rings (SSSR count). The zero-order chi connectivity index (χ0) is 21.4. The van der Waals surface area contributed by atoms with E-state index in [1.807, 2.05) is 48.5 Å². The average Bonchev–Trinajstić information content (AvgIpc) is 2.78. The van der Waals surface area contributed by atoms with E-state index in [9.17, 15) is 9.59 Å². The zero-order valence-corrected chi connectivity index (χ0v) is 18.7. The van der Waals surface area contributed by atoms with Crippen LogP contribution in [0.25, 0.3) is 21.9 Å². The molecule has 1 saturated heterocycles. The summed E-state index contributed by atoms with van der Waals surface area (Å²) in [6.07, 6.45) is 4.58. The number of benzene rings is 3. The van der Waals surface area contributed by atoms with Gasteiger partial charge in [-0.1, -0.05) is 42.5 Å². The molecular weight excluding hydrogens is 422 g/mol. The predicted molar refractivity (Wildman–Crippen MR) is 130 cm³/mol. The van der Waals surface area contributed by atoms with E-state index in [0.29, 0.717) is 16.5 Å². The van der Waals surface area contributed by atoms with Crippen LogP contribution < -0.4 is 16.4 Å². The SMILES string of the molecule is Cl.NC(=O)c1cccc(-c2cccc3c(C(=O)NC4CC5(CCNCC5)C4)cccc23)c1. The maximum Gasteiger partial charge on any atom is 0.252 e. The van der Waals surface area contributed by atoms with Gasteiger partial charge in [0.25, 0.3) is 5.91 Å². The fourth-order valence-electron chi connectivity index (χ4n) is 5.32. The summed E-state index contributed by atoms with van der Waals surface area (Å²) < 4.78 is 0. The van der Waals surface area contributed by atoms with Gasteiger partial charge in [0, 0.05) is 17.2 Å². The predicted octanol–water partition coefficient (Wildman–Crippen LogP) is 4.29. The molecule has 2 aliphatic rings. The number of halogens is 1. The molecule has 1 heterocycles. The molecule has 4 N–H and O–H groups in total. The van der Waals surface area contributed by atoms with Crippen LogP contribution in [0.4, 0.5) is 0 Å². The second-order valence-electron chi connectivity index (χ2n) is 8.98. The first-order valence-electron chi connectivity index (χ1n) is 11.0.